The molecular weight excluding hydrogens is 651 g/mol. The summed E-state index contributed by atoms with van der Waals surface area (Å²) in [5, 5.41) is -1.85. The Morgan fingerprint density at radius 3 is 1.96 bits per heavy atom. The van der Waals surface area contributed by atoms with Crippen LogP contribution in [0.4, 0.5) is 8.78 Å². The summed E-state index contributed by atoms with van der Waals surface area (Å²) < 4.78 is 71.4. The third-order valence-corrected chi connectivity index (χ3v) is 11.3. The topological polar surface area (TPSA) is 116 Å². The molecule has 0 amide bonds. The second-order valence-corrected chi connectivity index (χ2v) is 15.2. The van der Waals surface area contributed by atoms with Gasteiger partial charge < -0.3 is 14.2 Å². The van der Waals surface area contributed by atoms with E-state index < -0.39 is 27.9 Å². The van der Waals surface area contributed by atoms with Crippen molar-refractivity contribution in [1.82, 2.24) is 0 Å². The molecule has 1 aliphatic carbocycles. The van der Waals surface area contributed by atoms with E-state index >= 15 is 0 Å². The zero-order valence-electron chi connectivity index (χ0n) is 26.8. The Hall–Kier alpha value is -3.87. The van der Waals surface area contributed by atoms with Crippen LogP contribution in [0.25, 0.3) is 25.1 Å². The average Bonchev–Trinajstić information content (AvgIpc) is 3.62. The number of rotatable bonds is 10. The zero-order chi connectivity index (χ0) is 34.6. The average molecular weight is 690 g/mol. The van der Waals surface area contributed by atoms with Crippen molar-refractivity contribution in [1.29, 1.82) is 0 Å². The van der Waals surface area contributed by atoms with Crippen LogP contribution >= 0.6 is 10.5 Å². The van der Waals surface area contributed by atoms with Gasteiger partial charge in [-0.15, -0.1) is 0 Å². The van der Waals surface area contributed by atoms with E-state index in [2.05, 4.69) is 92.8 Å². The molecule has 1 saturated carbocycles. The van der Waals surface area contributed by atoms with Crippen LogP contribution in [0.3, 0.4) is 0 Å². The maximum atomic E-state index is 12.6. The molecule has 0 bridgehead atoms. The lowest BCUT2D eigenvalue weighted by atomic mass is 9.99. The molecule has 3 aromatic carbocycles. The maximum absolute atomic E-state index is 12.6. The van der Waals surface area contributed by atoms with Crippen molar-refractivity contribution in [2.45, 2.75) is 70.7 Å². The van der Waals surface area contributed by atoms with Crippen molar-refractivity contribution in [2.24, 2.45) is 0 Å². The van der Waals surface area contributed by atoms with Gasteiger partial charge >= 0.3 is 27.3 Å². The van der Waals surface area contributed by atoms with Crippen molar-refractivity contribution in [3.8, 4) is 10.6 Å². The number of alkyl halides is 2. The van der Waals surface area contributed by atoms with Crippen LogP contribution in [-0.4, -0.2) is 49.0 Å². The van der Waals surface area contributed by atoms with Gasteiger partial charge in [0.15, 0.2) is 27.5 Å². The number of carbonyl (C=O) groups excluding carboxylic acids is 2. The van der Waals surface area contributed by atoms with E-state index in [9.17, 15) is 26.8 Å². The third kappa shape index (κ3) is 8.17. The van der Waals surface area contributed by atoms with Crippen LogP contribution in [0.5, 0.6) is 5.75 Å². The molecule has 0 aliphatic heterocycles. The molecule has 8 nitrogen and oxygen atoms in total. The second kappa shape index (κ2) is 14.5. The molecule has 0 radical (unpaired) electrons. The summed E-state index contributed by atoms with van der Waals surface area (Å²) in [5.41, 5.74) is 1.67. The molecule has 1 aromatic heterocycles. The van der Waals surface area contributed by atoms with Gasteiger partial charge in [0.05, 0.1) is 0 Å². The third-order valence-electron chi connectivity index (χ3n) is 8.09. The molecule has 1 N–H and O–H groups in total. The number of aryl methyl sites for hydroxylation is 2. The fourth-order valence-electron chi connectivity index (χ4n) is 5.66. The minimum absolute atomic E-state index is 0.0415. The quantitative estimate of drug-likeness (QED) is 0.0762. The molecular formula is C35H39F2O8S2+. The fourth-order valence-corrected chi connectivity index (χ4v) is 8.43. The number of hydrogen-bond acceptors (Lipinski definition) is 7. The van der Waals surface area contributed by atoms with Gasteiger partial charge in [0.1, 0.15) is 11.4 Å². The normalized spacial score (nSPS) is 14.4. The number of hydrogen-bond donors (Lipinski definition) is 1. The molecule has 4 aromatic rings. The van der Waals surface area contributed by atoms with Gasteiger partial charge in [-0.1, -0.05) is 37.8 Å². The summed E-state index contributed by atoms with van der Waals surface area (Å²) in [6, 6.07) is 21.9. The largest absolute Gasteiger partial charge is 0.481 e. The van der Waals surface area contributed by atoms with Crippen molar-refractivity contribution in [3.05, 3.63) is 83.9 Å². The number of carbonyl (C=O) groups is 2. The first-order valence-electron chi connectivity index (χ1n) is 15.2. The number of halogens is 2. The van der Waals surface area contributed by atoms with Gasteiger partial charge in [0, 0.05) is 38.9 Å². The molecule has 12 heteroatoms. The summed E-state index contributed by atoms with van der Waals surface area (Å²) >= 11 is 0. The summed E-state index contributed by atoms with van der Waals surface area (Å²) in [5.74, 6) is -0.632. The van der Waals surface area contributed by atoms with E-state index in [0.29, 0.717) is 0 Å². The highest BCUT2D eigenvalue weighted by molar-refractivity contribution is 7.86. The predicted octanol–water partition coefficient (Wildman–Crippen LogP) is 8.58. The Balaban J connectivity index is 0.000000304. The molecule has 1 heterocycles. The molecule has 1 fully saturated rings. The van der Waals surface area contributed by atoms with Gasteiger partial charge in [-0.2, -0.15) is 17.2 Å². The van der Waals surface area contributed by atoms with E-state index in [0.717, 1.165) is 49.0 Å². The van der Waals surface area contributed by atoms with Gasteiger partial charge in [0.2, 0.25) is 0 Å². The van der Waals surface area contributed by atoms with Gasteiger partial charge in [-0.05, 0) is 88.3 Å². The number of esters is 2. The minimum Gasteiger partial charge on any atom is -0.481 e. The van der Waals surface area contributed by atoms with E-state index in [1.54, 1.807) is 0 Å². The highest BCUT2D eigenvalue weighted by atomic mass is 32.2. The standard InChI is InChI=1S/C29H31O3S.C6H8F2O5S/c1-4-29(15-9-10-16-29)32-27(30)19-31-28-20(2)17-22(18-21(28)3)33-25-13-7-5-11-23(25)24-12-6-8-14-26(24)33;1-4(2)5(9)13-3-6(7,8)14(10,11)12/h5-8,11-14,17-18H,4,9-10,15-16,19H2,1-3H3;1,3H2,2H3,(H,10,11,12)/q+1;. The molecule has 252 valence electrons. The van der Waals surface area contributed by atoms with Crippen molar-refractivity contribution in [3.63, 3.8) is 0 Å². The highest BCUT2D eigenvalue weighted by Crippen LogP contribution is 2.49. The highest BCUT2D eigenvalue weighted by Gasteiger charge is 2.45. The van der Waals surface area contributed by atoms with E-state index in [-0.39, 0.29) is 34.2 Å². The first-order chi connectivity index (χ1) is 22.1. The lowest BCUT2D eigenvalue weighted by Gasteiger charge is -2.27. The van der Waals surface area contributed by atoms with Crippen LogP contribution in [0.1, 0.15) is 57.1 Å². The predicted molar refractivity (Wildman–Crippen MR) is 180 cm³/mol. The Morgan fingerprint density at radius 1 is 0.979 bits per heavy atom. The molecule has 0 spiro atoms. The Bertz CT molecular complexity index is 1830. The van der Waals surface area contributed by atoms with Crippen LogP contribution in [0.15, 0.2) is 72.8 Å². The van der Waals surface area contributed by atoms with Crippen LogP contribution in [-0.2, 0) is 29.2 Å². The Kier molecular flexibility index (Phi) is 11.1. The molecule has 0 saturated heterocycles. The van der Waals surface area contributed by atoms with Gasteiger partial charge in [-0.25, -0.2) is 9.59 Å². The summed E-state index contributed by atoms with van der Waals surface area (Å²) in [4.78, 5) is 24.4. The first kappa shape index (κ1) is 36.0. The zero-order valence-corrected chi connectivity index (χ0v) is 28.4. The van der Waals surface area contributed by atoms with Crippen molar-refractivity contribution in [2.75, 3.05) is 13.2 Å². The van der Waals surface area contributed by atoms with Crippen molar-refractivity contribution >= 4 is 52.7 Å². The maximum Gasteiger partial charge on any atom is 0.402 e. The first-order valence-corrected chi connectivity index (χ1v) is 17.8. The van der Waals surface area contributed by atoms with Crippen molar-refractivity contribution < 1.29 is 45.6 Å². The molecule has 0 unspecified atom stereocenters. The van der Waals surface area contributed by atoms with E-state index in [1.807, 2.05) is 0 Å². The second-order valence-electron chi connectivity index (χ2n) is 11.7. The van der Waals surface area contributed by atoms with Crippen LogP contribution in [0, 0.1) is 13.8 Å². The lowest BCUT2D eigenvalue weighted by Crippen LogP contribution is -2.34. The lowest BCUT2D eigenvalue weighted by molar-refractivity contribution is -0.162. The smallest absolute Gasteiger partial charge is 0.402 e. The number of thiophene rings is 1. The summed E-state index contributed by atoms with van der Waals surface area (Å²) in [6.07, 6.45) is 5.07. The van der Waals surface area contributed by atoms with Crippen LogP contribution in [0.2, 0.25) is 0 Å². The molecule has 1 aliphatic rings. The van der Waals surface area contributed by atoms with Gasteiger partial charge in [0.25, 0.3) is 0 Å². The Labute approximate surface area is 276 Å². The summed E-state index contributed by atoms with van der Waals surface area (Å²) in [6.45, 7) is 8.75. The molecule has 0 atom stereocenters. The fraction of sp³-hybridized carbons (Fsp3) is 0.371. The van der Waals surface area contributed by atoms with Crippen LogP contribution < -0.4 is 4.74 Å². The number of benzene rings is 3. The van der Waals surface area contributed by atoms with E-state index in [4.69, 9.17) is 14.0 Å². The summed E-state index contributed by atoms with van der Waals surface area (Å²) in [7, 11) is -5.70. The minimum atomic E-state index is -5.56. The molecule has 47 heavy (non-hydrogen) atoms. The SMILES string of the molecule is C=C(C)C(=O)OCC(F)(F)S(=O)(=O)O.CCC1(OC(=O)COc2c(C)cc(-[s+]3c4ccccc4c4ccccc43)cc2C)CCCC1. The van der Waals surface area contributed by atoms with Gasteiger partial charge in [-0.3, -0.25) is 4.55 Å². The molecule has 5 rings (SSSR count). The number of fused-ring (bicyclic) bond motifs is 3. The number of ether oxygens (including phenoxy) is 3. The monoisotopic (exact) mass is 689 g/mol. The van der Waals surface area contributed by atoms with E-state index in [1.165, 1.54) is 32.0 Å². The Morgan fingerprint density at radius 2 is 1.49 bits per heavy atom.